The lowest BCUT2D eigenvalue weighted by Gasteiger charge is -2.28. The number of hydrazone groups is 2. The maximum Gasteiger partial charge on any atom is 0.276 e. The highest BCUT2D eigenvalue weighted by atomic mass is 35.5. The maximum absolute atomic E-state index is 11.3. The Morgan fingerprint density at radius 3 is 1.83 bits per heavy atom. The summed E-state index contributed by atoms with van der Waals surface area (Å²) >= 11 is 11.9. The van der Waals surface area contributed by atoms with Crippen molar-refractivity contribution >= 4 is 46.5 Å². The van der Waals surface area contributed by atoms with Gasteiger partial charge in [0.25, 0.3) is 11.9 Å². The van der Waals surface area contributed by atoms with E-state index in [2.05, 4.69) is 30.8 Å². The van der Waals surface area contributed by atoms with Crippen molar-refractivity contribution in [3.63, 3.8) is 0 Å². The molecular formula is C25H24Cl2N10O4. The third kappa shape index (κ3) is 6.44. The standard InChI is InChI=1S/C25H24Cl2N10O4/c1-15-8-18(34-19(13-30-24(34)32-36(38)39)9-16-2-6-22(26)28-11-16)4-5-21(15)35-20(14-31-25(35)33-37(40)41)10-17-3-7-23(27)29-12-17/h2-8,11-12,19-20H,9-10,13-14H2,1H3,(H,30,32)(H,31,33). The van der Waals surface area contributed by atoms with E-state index in [0.29, 0.717) is 47.6 Å². The topological polar surface area (TPSA) is 167 Å². The summed E-state index contributed by atoms with van der Waals surface area (Å²) in [6, 6.07) is 12.2. The number of aryl methyl sites for hydroxylation is 1. The van der Waals surface area contributed by atoms with Crippen molar-refractivity contribution in [2.75, 3.05) is 22.9 Å². The molecule has 0 aliphatic carbocycles. The van der Waals surface area contributed by atoms with Gasteiger partial charge in [-0.3, -0.25) is 0 Å². The molecule has 2 saturated heterocycles. The normalized spacial score (nSPS) is 20.4. The van der Waals surface area contributed by atoms with Crippen LogP contribution in [0.1, 0.15) is 16.7 Å². The fraction of sp³-hybridized carbons (Fsp3) is 0.280. The predicted octanol–water partition coefficient (Wildman–Crippen LogP) is 3.23. The van der Waals surface area contributed by atoms with Crippen LogP contribution < -0.4 is 20.4 Å². The summed E-state index contributed by atoms with van der Waals surface area (Å²) in [6.07, 6.45) is 4.40. The van der Waals surface area contributed by atoms with E-state index in [-0.39, 0.29) is 24.0 Å². The number of halogens is 2. The second-order valence-corrected chi connectivity index (χ2v) is 10.3. The number of hydrogen-bond acceptors (Lipinski definition) is 6. The fourth-order valence-electron chi connectivity index (χ4n) is 5.07. The molecule has 2 N–H and O–H groups in total. The molecule has 3 aromatic rings. The van der Waals surface area contributed by atoms with E-state index in [9.17, 15) is 20.2 Å². The summed E-state index contributed by atoms with van der Waals surface area (Å²) in [5.74, 6) is 0.227. The fourth-order valence-corrected chi connectivity index (χ4v) is 5.29. The van der Waals surface area contributed by atoms with Gasteiger partial charge in [0.15, 0.2) is 10.1 Å². The molecular weight excluding hydrogens is 575 g/mol. The third-order valence-electron chi connectivity index (χ3n) is 6.77. The van der Waals surface area contributed by atoms with Crippen LogP contribution in [0, 0.1) is 27.2 Å². The van der Waals surface area contributed by atoms with Crippen LogP contribution in [0.25, 0.3) is 0 Å². The smallest absolute Gasteiger partial charge is 0.276 e. The van der Waals surface area contributed by atoms with Gasteiger partial charge in [-0.1, -0.05) is 35.3 Å². The quantitative estimate of drug-likeness (QED) is 0.223. The van der Waals surface area contributed by atoms with Gasteiger partial charge in [-0.2, -0.15) is 0 Å². The number of hydrogen-bond donors (Lipinski definition) is 2. The Bertz CT molecular complexity index is 1520. The zero-order valence-electron chi connectivity index (χ0n) is 21.6. The van der Waals surface area contributed by atoms with Gasteiger partial charge in [-0.25, -0.2) is 30.2 Å². The van der Waals surface area contributed by atoms with E-state index >= 15 is 0 Å². The monoisotopic (exact) mass is 598 g/mol. The lowest BCUT2D eigenvalue weighted by Crippen LogP contribution is -2.39. The molecule has 14 nitrogen and oxygen atoms in total. The van der Waals surface area contributed by atoms with Crippen LogP contribution in [0.5, 0.6) is 0 Å². The Kier molecular flexibility index (Phi) is 8.12. The second kappa shape index (κ2) is 11.9. The molecule has 2 fully saturated rings. The summed E-state index contributed by atoms with van der Waals surface area (Å²) in [7, 11) is 0. The van der Waals surface area contributed by atoms with E-state index in [1.807, 2.05) is 31.2 Å². The molecule has 0 spiro atoms. The lowest BCUT2D eigenvalue weighted by atomic mass is 10.0. The van der Waals surface area contributed by atoms with Crippen LogP contribution >= 0.6 is 23.2 Å². The Labute approximate surface area is 244 Å². The molecule has 2 aliphatic rings. The zero-order chi connectivity index (χ0) is 29.1. The first-order chi connectivity index (χ1) is 19.7. The van der Waals surface area contributed by atoms with Crippen LogP contribution in [0.2, 0.25) is 10.3 Å². The minimum absolute atomic E-state index is 0.112. The van der Waals surface area contributed by atoms with Gasteiger partial charge in [0, 0.05) is 36.9 Å². The lowest BCUT2D eigenvalue weighted by molar-refractivity contribution is -0.485. The van der Waals surface area contributed by atoms with Crippen LogP contribution in [-0.4, -0.2) is 57.1 Å². The first-order valence-corrected chi connectivity index (χ1v) is 13.3. The van der Waals surface area contributed by atoms with Gasteiger partial charge in [0.05, 0.1) is 12.1 Å². The number of aromatic nitrogens is 2. The van der Waals surface area contributed by atoms with E-state index in [4.69, 9.17) is 23.2 Å². The molecule has 2 aliphatic heterocycles. The summed E-state index contributed by atoms with van der Waals surface area (Å²) in [6.45, 7) is 2.71. The minimum Gasteiger partial charge on any atom is -0.349 e. The van der Waals surface area contributed by atoms with Crippen molar-refractivity contribution in [1.29, 1.82) is 0 Å². The van der Waals surface area contributed by atoms with Crippen molar-refractivity contribution in [1.82, 2.24) is 20.6 Å². The van der Waals surface area contributed by atoms with Crippen molar-refractivity contribution in [2.24, 2.45) is 10.2 Å². The second-order valence-electron chi connectivity index (χ2n) is 9.49. The molecule has 2 atom stereocenters. The largest absolute Gasteiger partial charge is 0.349 e. The molecule has 41 heavy (non-hydrogen) atoms. The number of nitrogens with one attached hydrogen (secondary N) is 2. The molecule has 0 radical (unpaired) electrons. The Morgan fingerprint density at radius 2 is 1.37 bits per heavy atom. The first-order valence-electron chi connectivity index (χ1n) is 12.5. The predicted molar refractivity (Wildman–Crippen MR) is 154 cm³/mol. The maximum atomic E-state index is 11.3. The van der Waals surface area contributed by atoms with E-state index in [1.54, 1.807) is 40.4 Å². The minimum atomic E-state index is -0.741. The molecule has 5 rings (SSSR count). The number of nitrogens with zero attached hydrogens (tertiary/aromatic N) is 8. The molecule has 4 heterocycles. The number of benzene rings is 1. The van der Waals surface area contributed by atoms with Crippen LogP contribution in [-0.2, 0) is 12.8 Å². The molecule has 2 unspecified atom stereocenters. The number of guanidine groups is 2. The van der Waals surface area contributed by atoms with Crippen molar-refractivity contribution in [2.45, 2.75) is 31.8 Å². The van der Waals surface area contributed by atoms with E-state index < -0.39 is 10.1 Å². The summed E-state index contributed by atoms with van der Waals surface area (Å²) < 4.78 is 0. The van der Waals surface area contributed by atoms with E-state index in [1.165, 1.54) is 0 Å². The van der Waals surface area contributed by atoms with Crippen LogP contribution in [0.4, 0.5) is 11.4 Å². The number of pyridine rings is 2. The summed E-state index contributed by atoms with van der Waals surface area (Å²) in [4.78, 5) is 34.4. The SMILES string of the molecule is Cc1cc(N2C(=N[N+](=O)[O-])NCC2Cc2ccc(Cl)nc2)ccc1N1C(=N[N+](=O)[O-])NCC1Cc1ccc(Cl)nc1. The first kappa shape index (κ1) is 28.0. The highest BCUT2D eigenvalue weighted by molar-refractivity contribution is 6.29. The van der Waals surface area contributed by atoms with Gasteiger partial charge in [-0.15, -0.1) is 0 Å². The zero-order valence-corrected chi connectivity index (χ0v) is 23.2. The van der Waals surface area contributed by atoms with Crippen LogP contribution in [0.15, 0.2) is 65.1 Å². The number of anilines is 2. The van der Waals surface area contributed by atoms with Crippen molar-refractivity contribution in [3.05, 3.63) is 102 Å². The van der Waals surface area contributed by atoms with Gasteiger partial charge >= 0.3 is 0 Å². The molecule has 16 heteroatoms. The molecule has 212 valence electrons. The van der Waals surface area contributed by atoms with E-state index in [0.717, 1.165) is 16.7 Å². The molecule has 1 aromatic carbocycles. The third-order valence-corrected chi connectivity index (χ3v) is 7.22. The average Bonchev–Trinajstić information content (AvgIpc) is 3.49. The van der Waals surface area contributed by atoms with Crippen LogP contribution in [0.3, 0.4) is 0 Å². The Hall–Kier alpha value is -4.56. The highest BCUT2D eigenvalue weighted by Gasteiger charge is 2.36. The molecule has 0 amide bonds. The highest BCUT2D eigenvalue weighted by Crippen LogP contribution is 2.32. The van der Waals surface area contributed by atoms with Gasteiger partial charge in [-0.05, 0) is 66.8 Å². The molecule has 0 bridgehead atoms. The van der Waals surface area contributed by atoms with Crippen molar-refractivity contribution < 1.29 is 10.1 Å². The van der Waals surface area contributed by atoms with Gasteiger partial charge < -0.3 is 20.4 Å². The molecule has 0 saturated carbocycles. The average molecular weight is 599 g/mol. The summed E-state index contributed by atoms with van der Waals surface area (Å²) in [5, 5.41) is 35.1. The number of rotatable bonds is 8. The number of nitro groups is 2. The Morgan fingerprint density at radius 1 is 0.854 bits per heavy atom. The summed E-state index contributed by atoms with van der Waals surface area (Å²) in [5.41, 5.74) is 3.96. The van der Waals surface area contributed by atoms with Gasteiger partial charge in [0.2, 0.25) is 0 Å². The van der Waals surface area contributed by atoms with Gasteiger partial charge in [0.1, 0.15) is 20.5 Å². The Balaban J connectivity index is 1.48. The molecule has 2 aromatic heterocycles. The van der Waals surface area contributed by atoms with Crippen molar-refractivity contribution in [3.8, 4) is 0 Å².